The third-order valence-corrected chi connectivity index (χ3v) is 18.2. The van der Waals surface area contributed by atoms with Gasteiger partial charge < -0.3 is 70.1 Å². The summed E-state index contributed by atoms with van der Waals surface area (Å²) in [5.74, 6) is -4.18. The first-order chi connectivity index (χ1) is 43.7. The van der Waals surface area contributed by atoms with Crippen molar-refractivity contribution in [2.24, 2.45) is 23.5 Å². The number of ketones is 1. The SMILES string of the molecule is CC1CC(=O)N(CCC(=O)N[C@H](C(=O)C[C@@H](CCCNC(N)=O)C(=O)Nc2ccc(COC(=O)N(C)CCOC(=O)Nc3ncnc4c3ncn4[C@@H]3O[C@@H]4COP(O)(=S)O[C@H]5[C@@H](F)[C@H](n6cnc7c(N)ncnc76)O[C@@H]5COP(O)(=S)O[C@H]4[C@H]3F)cc2)C(C)C)C1=O. The number of likely N-dealkylation sites (N-methyl/N-ethyl adjacent to an activating group) is 1. The lowest BCUT2D eigenvalue weighted by atomic mass is 9.89. The van der Waals surface area contributed by atoms with Crippen molar-refractivity contribution in [1.82, 2.24) is 59.5 Å². The highest BCUT2D eigenvalue weighted by atomic mass is 32.5. The number of aromatic nitrogens is 8. The number of imidazole rings is 2. The van der Waals surface area contributed by atoms with Gasteiger partial charge in [0.25, 0.3) is 0 Å². The molecule has 10 N–H and O–H groups in total. The number of alkyl halides is 2. The van der Waals surface area contributed by atoms with Crippen molar-refractivity contribution in [3.8, 4) is 0 Å². The smallest absolute Gasteiger partial charge is 0.412 e. The van der Waals surface area contributed by atoms with Crippen LogP contribution in [-0.2, 0) is 91.2 Å². The summed E-state index contributed by atoms with van der Waals surface area (Å²) in [5.41, 5.74) is 12.1. The molecule has 8 amide bonds. The lowest BCUT2D eigenvalue weighted by molar-refractivity contribution is -0.140. The molecule has 34 nitrogen and oxygen atoms in total. The van der Waals surface area contributed by atoms with Crippen molar-refractivity contribution in [1.29, 1.82) is 0 Å². The van der Waals surface area contributed by atoms with Crippen LogP contribution in [0.25, 0.3) is 22.3 Å². The normalized spacial score (nSPS) is 26.5. The largest absolute Gasteiger partial charge is 0.447 e. The van der Waals surface area contributed by atoms with Gasteiger partial charge in [0.05, 0.1) is 38.5 Å². The van der Waals surface area contributed by atoms with Gasteiger partial charge in [-0.25, -0.2) is 53.1 Å². The molecule has 0 aliphatic carbocycles. The van der Waals surface area contributed by atoms with E-state index in [4.69, 9.17) is 72.1 Å². The number of Topliss-reactive ketones (excluding diaryl/α,β-unsaturated/α-hetero) is 1. The number of hydrogen-bond acceptors (Lipinski definition) is 25. The van der Waals surface area contributed by atoms with E-state index in [9.17, 15) is 48.1 Å². The van der Waals surface area contributed by atoms with Crippen LogP contribution in [0.1, 0.15) is 70.9 Å². The lowest BCUT2D eigenvalue weighted by Gasteiger charge is -2.29. The second kappa shape index (κ2) is 29.6. The number of anilines is 3. The number of nitrogens with zero attached hydrogens (tertiary/aromatic N) is 10. The van der Waals surface area contributed by atoms with Crippen LogP contribution in [0.2, 0.25) is 0 Å². The molecule has 0 saturated carbocycles. The number of hydrogen-bond donors (Lipinski definition) is 8. The predicted molar refractivity (Wildman–Crippen MR) is 322 cm³/mol. The maximum Gasteiger partial charge on any atom is 0.412 e. The molecule has 1 aromatic carbocycles. The molecule has 92 heavy (non-hydrogen) atoms. The standard InChI is InChI=1S/C52H66F2N16O18P2S2/c1-25(2)37(65-33(72)11-13-68-34(73)16-26(3)47(68)75)30(71)17-28(6-5-12-57-50(56)76)46(74)64-29-9-7-27(8-10-29)18-82-52(78)67(4)14-15-81-51(77)66-43-39-45(61-22-59-43)70(24-63-39)49-36(54)41-32(86-49)20-84-89(79,91)87-40-31(19-83-90(80,92)88-41)85-48(35(40)53)69-23-62-38-42(55)58-21-60-44(38)69/h7-10,21-26,28,31-32,35-37,40-41,48-49H,5-6,11-20H2,1-4H3,(H,64,74)(H,65,72)(H,79,91)(H,80,92)(H2,55,58,60)(H3,56,57,76)(H,59,61,66,77)/t26?,28-,31-,32-,35-,36-,37+,40-,41-,48-,49-,89?,90?/m1/s1. The van der Waals surface area contributed by atoms with E-state index in [0.29, 0.717) is 11.3 Å². The number of fused-ring (bicyclic) bond motifs is 4. The molecule has 5 aromatic rings. The number of nitrogens with one attached hydrogen (secondary N) is 4. The molecule has 13 atom stereocenters. The number of nitrogens with two attached hydrogens (primary N) is 2. The number of primary amides is 1. The minimum absolute atomic E-state index is 0.0130. The molecular weight excluding hydrogens is 1300 g/mol. The van der Waals surface area contributed by atoms with E-state index in [-0.39, 0.29) is 117 Å². The number of carbonyl (C=O) groups excluding carboxylic acids is 8. The third kappa shape index (κ3) is 16.6. The molecule has 498 valence electrons. The quantitative estimate of drug-likeness (QED) is 0.0280. The molecule has 40 heteroatoms. The fourth-order valence-electron chi connectivity index (χ4n) is 10.3. The average Bonchev–Trinajstić information content (AvgIpc) is 1.62. The molecule has 4 saturated heterocycles. The molecule has 4 aromatic heterocycles. The monoisotopic (exact) mass is 1370 g/mol. The molecule has 3 unspecified atom stereocenters. The van der Waals surface area contributed by atoms with Gasteiger partial charge in [-0.15, -0.1) is 0 Å². The molecule has 8 heterocycles. The third-order valence-electron chi connectivity index (χ3n) is 15.1. The van der Waals surface area contributed by atoms with E-state index in [1.165, 1.54) is 17.9 Å². The minimum atomic E-state index is -4.43. The number of halogens is 2. The van der Waals surface area contributed by atoms with Gasteiger partial charge in [0.15, 0.2) is 59.0 Å². The Hall–Kier alpha value is -7.48. The van der Waals surface area contributed by atoms with Crippen LogP contribution in [-0.4, -0.2) is 196 Å². The van der Waals surface area contributed by atoms with Crippen LogP contribution >= 0.6 is 13.4 Å². The molecule has 0 spiro atoms. The zero-order valence-electron chi connectivity index (χ0n) is 49.6. The second-order valence-electron chi connectivity index (χ2n) is 22.1. The summed E-state index contributed by atoms with van der Waals surface area (Å²) in [6, 6.07) is 4.53. The fraction of sp³-hybridized carbons (Fsp3) is 0.538. The number of likely N-dealkylation sites (tertiary alicyclic amines) is 1. The van der Waals surface area contributed by atoms with Crippen LogP contribution in [0.4, 0.5) is 40.5 Å². The van der Waals surface area contributed by atoms with Gasteiger partial charge in [-0.05, 0) is 60.1 Å². The van der Waals surface area contributed by atoms with Gasteiger partial charge in [0, 0.05) is 56.9 Å². The summed E-state index contributed by atoms with van der Waals surface area (Å²) >= 11 is 10.5. The van der Waals surface area contributed by atoms with E-state index in [0.717, 1.165) is 33.3 Å². The van der Waals surface area contributed by atoms with E-state index < -0.39 is 130 Å². The van der Waals surface area contributed by atoms with Crippen molar-refractivity contribution in [3.05, 3.63) is 55.1 Å². The number of imide groups is 1. The van der Waals surface area contributed by atoms with Crippen LogP contribution in [0.15, 0.2) is 49.6 Å². The van der Waals surface area contributed by atoms with Crippen LogP contribution in [0, 0.1) is 17.8 Å². The summed E-state index contributed by atoms with van der Waals surface area (Å²) in [5, 5.41) is 10.4. The van der Waals surface area contributed by atoms with Crippen LogP contribution < -0.4 is 32.7 Å². The first-order valence-electron chi connectivity index (χ1n) is 28.6. The molecule has 4 fully saturated rings. The van der Waals surface area contributed by atoms with E-state index >= 15 is 8.78 Å². The number of rotatable bonds is 22. The highest BCUT2D eigenvalue weighted by molar-refractivity contribution is 8.07. The van der Waals surface area contributed by atoms with Crippen molar-refractivity contribution >= 4 is 124 Å². The summed E-state index contributed by atoms with van der Waals surface area (Å²) in [6.07, 6.45) is -11.1. The number of ether oxygens (including phenoxy) is 4. The topological polar surface area (TPSA) is 445 Å². The highest BCUT2D eigenvalue weighted by Gasteiger charge is 2.54. The second-order valence-corrected chi connectivity index (χ2v) is 27.6. The fourth-order valence-corrected chi connectivity index (χ4v) is 13.2. The van der Waals surface area contributed by atoms with Crippen molar-refractivity contribution in [3.63, 3.8) is 0 Å². The van der Waals surface area contributed by atoms with Crippen molar-refractivity contribution in [2.45, 2.75) is 115 Å². The van der Waals surface area contributed by atoms with Crippen molar-refractivity contribution < 1.29 is 94.0 Å². The number of benzene rings is 1. The molecule has 9 rings (SSSR count). The Kier molecular flexibility index (Phi) is 22.2. The summed E-state index contributed by atoms with van der Waals surface area (Å²) in [7, 11) is 1.39. The Balaban J connectivity index is 0.737. The zero-order chi connectivity index (χ0) is 66.3. The van der Waals surface area contributed by atoms with Gasteiger partial charge >= 0.3 is 31.7 Å². The first-order valence-corrected chi connectivity index (χ1v) is 33.8. The van der Waals surface area contributed by atoms with E-state index in [1.54, 1.807) is 45.0 Å². The van der Waals surface area contributed by atoms with E-state index in [1.807, 2.05) is 0 Å². The first kappa shape index (κ1) is 68.9. The Morgan fingerprint density at radius 2 is 1.45 bits per heavy atom. The Labute approximate surface area is 531 Å². The molecule has 0 radical (unpaired) electrons. The van der Waals surface area contributed by atoms with Gasteiger partial charge in [-0.1, -0.05) is 32.9 Å². The number of urea groups is 1. The van der Waals surface area contributed by atoms with Gasteiger partial charge in [-0.2, -0.15) is 0 Å². The summed E-state index contributed by atoms with van der Waals surface area (Å²) in [6.45, 7) is -5.90. The molecular formula is C52H66F2N16O18P2S2. The zero-order valence-corrected chi connectivity index (χ0v) is 53.0. The Bertz CT molecular complexity index is 3690. The molecule has 4 aliphatic rings. The molecule has 0 bridgehead atoms. The Morgan fingerprint density at radius 1 is 0.848 bits per heavy atom. The number of carbonyl (C=O) groups is 8. The minimum Gasteiger partial charge on any atom is -0.447 e. The summed E-state index contributed by atoms with van der Waals surface area (Å²) in [4.78, 5) is 151. The number of amides is 8. The maximum atomic E-state index is 16.7. The van der Waals surface area contributed by atoms with Gasteiger partial charge in [0.1, 0.15) is 55.8 Å². The molecule has 4 aliphatic heterocycles. The van der Waals surface area contributed by atoms with Gasteiger partial charge in [0.2, 0.25) is 23.6 Å². The number of nitrogen functional groups attached to an aromatic ring is 1. The summed E-state index contributed by atoms with van der Waals surface area (Å²) < 4.78 is 80.4. The van der Waals surface area contributed by atoms with Gasteiger partial charge in [-0.3, -0.25) is 52.4 Å². The Morgan fingerprint density at radius 3 is 2.03 bits per heavy atom. The van der Waals surface area contributed by atoms with Crippen molar-refractivity contribution in [2.75, 3.05) is 62.9 Å². The predicted octanol–water partition coefficient (Wildman–Crippen LogP) is 2.68. The lowest BCUT2D eigenvalue weighted by Crippen LogP contribution is -2.46. The highest BCUT2D eigenvalue weighted by Crippen LogP contribution is 2.55. The maximum absolute atomic E-state index is 16.7. The average molecular weight is 1370 g/mol. The van der Waals surface area contributed by atoms with E-state index in [2.05, 4.69) is 51.2 Å². The van der Waals surface area contributed by atoms with Crippen LogP contribution in [0.3, 0.4) is 0 Å². The van der Waals surface area contributed by atoms with Crippen LogP contribution in [0.5, 0.6) is 0 Å².